The maximum atomic E-state index is 13.0. The summed E-state index contributed by atoms with van der Waals surface area (Å²) in [4.78, 5) is 13.0. The Morgan fingerprint density at radius 1 is 0.929 bits per heavy atom. The van der Waals surface area contributed by atoms with Crippen molar-refractivity contribution < 1.29 is 14.3 Å². The van der Waals surface area contributed by atoms with E-state index in [1.165, 1.54) is 10.8 Å². The number of hydrogen-bond donors (Lipinski definition) is 1. The summed E-state index contributed by atoms with van der Waals surface area (Å²) in [5.74, 6) is 1.68. The molecule has 3 aromatic rings. The Morgan fingerprint density at radius 2 is 1.82 bits per heavy atom. The normalized spacial score (nSPS) is 20.0. The van der Waals surface area contributed by atoms with Crippen LogP contribution < -0.4 is 14.8 Å². The average molecular weight is 369 g/mol. The minimum atomic E-state index is -0.0850. The van der Waals surface area contributed by atoms with Crippen LogP contribution >= 0.6 is 0 Å². The quantitative estimate of drug-likeness (QED) is 0.646. The minimum Gasteiger partial charge on any atom is -0.454 e. The fourth-order valence-electron chi connectivity index (χ4n) is 4.74. The van der Waals surface area contributed by atoms with Gasteiger partial charge >= 0.3 is 0 Å². The first-order valence-electron chi connectivity index (χ1n) is 9.74. The zero-order valence-electron chi connectivity index (χ0n) is 15.3. The molecule has 1 N–H and O–H groups in total. The van der Waals surface area contributed by atoms with Gasteiger partial charge in [-0.15, -0.1) is 0 Å². The molecule has 2 heterocycles. The van der Waals surface area contributed by atoms with Crippen LogP contribution in [0.15, 0.2) is 65.9 Å². The van der Waals surface area contributed by atoms with Crippen molar-refractivity contribution in [1.29, 1.82) is 0 Å². The van der Waals surface area contributed by atoms with Gasteiger partial charge in [0.15, 0.2) is 17.3 Å². The predicted octanol–water partition coefficient (Wildman–Crippen LogP) is 5.13. The maximum Gasteiger partial charge on any atom is 0.231 e. The summed E-state index contributed by atoms with van der Waals surface area (Å²) < 4.78 is 11.1. The summed E-state index contributed by atoms with van der Waals surface area (Å²) >= 11 is 0. The van der Waals surface area contributed by atoms with Crippen LogP contribution in [0.25, 0.3) is 10.8 Å². The molecule has 1 atom stereocenters. The van der Waals surface area contributed by atoms with Crippen LogP contribution in [-0.4, -0.2) is 12.6 Å². The molecule has 0 radical (unpaired) electrons. The van der Waals surface area contributed by atoms with Gasteiger partial charge < -0.3 is 14.8 Å². The SMILES string of the molecule is O=C1CCCC2=C1C(c1ccc3c(c1)OCO3)c1ccc3ccccc3c1N2. The molecule has 4 heteroatoms. The zero-order valence-corrected chi connectivity index (χ0v) is 15.3. The Balaban J connectivity index is 1.62. The summed E-state index contributed by atoms with van der Waals surface area (Å²) in [6, 6.07) is 18.8. The number of nitrogens with one attached hydrogen (secondary N) is 1. The van der Waals surface area contributed by atoms with Crippen molar-refractivity contribution in [3.8, 4) is 11.5 Å². The first-order chi connectivity index (χ1) is 13.8. The van der Waals surface area contributed by atoms with Gasteiger partial charge in [0.25, 0.3) is 0 Å². The highest BCUT2D eigenvalue weighted by atomic mass is 16.7. The molecule has 6 rings (SSSR count). The van der Waals surface area contributed by atoms with E-state index in [2.05, 4.69) is 47.8 Å². The first-order valence-corrected chi connectivity index (χ1v) is 9.74. The Morgan fingerprint density at radius 3 is 2.79 bits per heavy atom. The number of benzene rings is 3. The van der Waals surface area contributed by atoms with E-state index in [0.717, 1.165) is 52.4 Å². The number of anilines is 1. The van der Waals surface area contributed by atoms with Crippen molar-refractivity contribution in [2.24, 2.45) is 0 Å². The number of fused-ring (bicyclic) bond motifs is 4. The Bertz CT molecular complexity index is 1180. The van der Waals surface area contributed by atoms with Crippen molar-refractivity contribution in [1.82, 2.24) is 0 Å². The second-order valence-electron chi connectivity index (χ2n) is 7.59. The van der Waals surface area contributed by atoms with Gasteiger partial charge in [0.1, 0.15) is 0 Å². The lowest BCUT2D eigenvalue weighted by Crippen LogP contribution is -2.27. The molecule has 0 bridgehead atoms. The highest BCUT2D eigenvalue weighted by Gasteiger charge is 2.36. The van der Waals surface area contributed by atoms with Gasteiger partial charge in [-0.2, -0.15) is 0 Å². The molecule has 0 fully saturated rings. The third-order valence-corrected chi connectivity index (χ3v) is 6.02. The lowest BCUT2D eigenvalue weighted by atomic mass is 9.75. The van der Waals surface area contributed by atoms with E-state index in [-0.39, 0.29) is 18.5 Å². The third-order valence-electron chi connectivity index (χ3n) is 6.02. The molecule has 0 aromatic heterocycles. The number of ether oxygens (including phenoxy) is 2. The maximum absolute atomic E-state index is 13.0. The highest BCUT2D eigenvalue weighted by Crippen LogP contribution is 2.49. The average Bonchev–Trinajstić information content (AvgIpc) is 3.20. The number of hydrogen-bond acceptors (Lipinski definition) is 4. The summed E-state index contributed by atoms with van der Waals surface area (Å²) in [6.07, 6.45) is 2.42. The van der Waals surface area contributed by atoms with E-state index >= 15 is 0 Å². The van der Waals surface area contributed by atoms with Gasteiger partial charge in [0.05, 0.1) is 5.69 Å². The lowest BCUT2D eigenvalue weighted by Gasteiger charge is -2.34. The van der Waals surface area contributed by atoms with Crippen molar-refractivity contribution in [2.75, 3.05) is 12.1 Å². The van der Waals surface area contributed by atoms with E-state index in [9.17, 15) is 4.79 Å². The molecule has 0 saturated heterocycles. The van der Waals surface area contributed by atoms with Crippen LogP contribution in [0, 0.1) is 0 Å². The number of rotatable bonds is 1. The summed E-state index contributed by atoms with van der Waals surface area (Å²) in [7, 11) is 0. The second-order valence-corrected chi connectivity index (χ2v) is 7.59. The molecule has 0 spiro atoms. The van der Waals surface area contributed by atoms with Gasteiger partial charge in [-0.05, 0) is 41.5 Å². The molecule has 0 saturated carbocycles. The van der Waals surface area contributed by atoms with E-state index in [1.807, 2.05) is 12.1 Å². The third kappa shape index (κ3) is 2.21. The Labute approximate surface area is 162 Å². The van der Waals surface area contributed by atoms with E-state index in [0.29, 0.717) is 6.42 Å². The zero-order chi connectivity index (χ0) is 18.7. The highest BCUT2D eigenvalue weighted by molar-refractivity contribution is 6.04. The Hall–Kier alpha value is -3.27. The van der Waals surface area contributed by atoms with Gasteiger partial charge in [-0.25, -0.2) is 0 Å². The molecule has 1 aliphatic carbocycles. The van der Waals surface area contributed by atoms with Crippen LogP contribution in [0.2, 0.25) is 0 Å². The molecule has 0 amide bonds. The number of carbonyl (C=O) groups is 1. The fourth-order valence-corrected chi connectivity index (χ4v) is 4.74. The monoisotopic (exact) mass is 369 g/mol. The molecular formula is C24H19NO3. The Kier molecular flexibility index (Phi) is 3.30. The van der Waals surface area contributed by atoms with Crippen LogP contribution in [0.1, 0.15) is 36.3 Å². The number of Topliss-reactive ketones (excluding diaryl/α,β-unsaturated/α-hetero) is 1. The second kappa shape index (κ2) is 5.86. The molecule has 1 unspecified atom stereocenters. The van der Waals surface area contributed by atoms with Crippen molar-refractivity contribution >= 4 is 22.2 Å². The van der Waals surface area contributed by atoms with Crippen molar-refractivity contribution in [3.63, 3.8) is 0 Å². The number of ketones is 1. The lowest BCUT2D eigenvalue weighted by molar-refractivity contribution is -0.116. The summed E-state index contributed by atoms with van der Waals surface area (Å²) in [5.41, 5.74) is 5.32. The van der Waals surface area contributed by atoms with Crippen LogP contribution in [-0.2, 0) is 4.79 Å². The summed E-state index contributed by atoms with van der Waals surface area (Å²) in [6.45, 7) is 0.249. The number of carbonyl (C=O) groups excluding carboxylic acids is 1. The summed E-state index contributed by atoms with van der Waals surface area (Å²) in [5, 5.41) is 6.02. The van der Waals surface area contributed by atoms with Gasteiger partial charge in [-0.1, -0.05) is 42.5 Å². The van der Waals surface area contributed by atoms with Crippen LogP contribution in [0.5, 0.6) is 11.5 Å². The molecular weight excluding hydrogens is 350 g/mol. The predicted molar refractivity (Wildman–Crippen MR) is 108 cm³/mol. The van der Waals surface area contributed by atoms with E-state index in [4.69, 9.17) is 9.47 Å². The van der Waals surface area contributed by atoms with Gasteiger partial charge in [0.2, 0.25) is 6.79 Å². The topological polar surface area (TPSA) is 47.6 Å². The molecule has 3 aromatic carbocycles. The fraction of sp³-hybridized carbons (Fsp3) is 0.208. The minimum absolute atomic E-state index is 0.0850. The van der Waals surface area contributed by atoms with Crippen molar-refractivity contribution in [3.05, 3.63) is 77.0 Å². The van der Waals surface area contributed by atoms with E-state index < -0.39 is 0 Å². The van der Waals surface area contributed by atoms with Gasteiger partial charge in [-0.3, -0.25) is 4.79 Å². The van der Waals surface area contributed by atoms with Crippen molar-refractivity contribution in [2.45, 2.75) is 25.2 Å². The van der Waals surface area contributed by atoms with Gasteiger partial charge in [0, 0.05) is 29.0 Å². The molecule has 28 heavy (non-hydrogen) atoms. The molecule has 138 valence electrons. The molecule has 4 nitrogen and oxygen atoms in total. The van der Waals surface area contributed by atoms with Crippen LogP contribution in [0.4, 0.5) is 5.69 Å². The van der Waals surface area contributed by atoms with E-state index in [1.54, 1.807) is 0 Å². The smallest absolute Gasteiger partial charge is 0.231 e. The first kappa shape index (κ1) is 15.8. The number of allylic oxidation sites excluding steroid dienone is 2. The molecule has 2 aliphatic heterocycles. The van der Waals surface area contributed by atoms with Crippen LogP contribution in [0.3, 0.4) is 0 Å². The largest absolute Gasteiger partial charge is 0.454 e. The standard InChI is InChI=1S/C24H19NO3/c26-19-7-3-6-18-23(19)22(15-9-11-20-21(12-15)28-13-27-20)17-10-8-14-4-1-2-5-16(14)24(17)25-18/h1-2,4-5,8-12,22,25H,3,6-7,13H2. The molecule has 3 aliphatic rings.